The molecule has 3 N–H and O–H groups in total. The average Bonchev–Trinajstić information content (AvgIpc) is 2.95. The molecular formula is C21H22F4N4O. The summed E-state index contributed by atoms with van der Waals surface area (Å²) in [5.41, 5.74) is -0.440. The van der Waals surface area contributed by atoms with Gasteiger partial charge in [-0.1, -0.05) is 6.07 Å². The highest BCUT2D eigenvalue weighted by Crippen LogP contribution is 2.38. The fraction of sp³-hybridized carbons (Fsp3) is 0.286. The lowest BCUT2D eigenvalue weighted by Crippen LogP contribution is -2.30. The molecule has 2 aromatic carbocycles. The van der Waals surface area contributed by atoms with Gasteiger partial charge in [0.2, 0.25) is 0 Å². The van der Waals surface area contributed by atoms with E-state index in [9.17, 15) is 22.7 Å². The Bertz CT molecular complexity index is 1070. The Hall–Kier alpha value is -3.07. The average molecular weight is 422 g/mol. The van der Waals surface area contributed by atoms with E-state index in [-0.39, 0.29) is 34.2 Å². The second kappa shape index (κ2) is 8.35. The molecule has 160 valence electrons. The van der Waals surface area contributed by atoms with Gasteiger partial charge in [-0.15, -0.1) is 0 Å². The van der Waals surface area contributed by atoms with Crippen LogP contribution >= 0.6 is 0 Å². The number of aliphatic imine (C=N–C) groups is 1. The van der Waals surface area contributed by atoms with E-state index in [0.29, 0.717) is 12.1 Å². The lowest BCUT2D eigenvalue weighted by Gasteiger charge is -2.22. The van der Waals surface area contributed by atoms with Crippen LogP contribution in [0.25, 0.3) is 10.9 Å². The molecule has 0 aliphatic rings. The van der Waals surface area contributed by atoms with Crippen LogP contribution in [0.1, 0.15) is 18.1 Å². The second-order valence-electron chi connectivity index (χ2n) is 7.34. The molecular weight excluding hydrogens is 400 g/mol. The van der Waals surface area contributed by atoms with Gasteiger partial charge in [-0.3, -0.25) is 4.99 Å². The van der Waals surface area contributed by atoms with Gasteiger partial charge < -0.3 is 20.3 Å². The number of fused-ring (bicyclic) bond motifs is 1. The van der Waals surface area contributed by atoms with E-state index in [1.54, 1.807) is 13.0 Å². The van der Waals surface area contributed by atoms with Crippen molar-refractivity contribution in [1.82, 2.24) is 9.88 Å². The van der Waals surface area contributed by atoms with Crippen molar-refractivity contribution in [2.75, 3.05) is 26.0 Å². The zero-order chi connectivity index (χ0) is 22.1. The smallest absolute Gasteiger partial charge is 0.418 e. The number of halogens is 4. The minimum Gasteiger partial charge on any atom is -0.494 e. The van der Waals surface area contributed by atoms with Crippen LogP contribution in [0.3, 0.4) is 0 Å². The highest BCUT2D eigenvalue weighted by molar-refractivity contribution is 6.02. The number of aromatic nitrogens is 1. The number of likely N-dealkylation sites (N-methyl/N-ethyl adjacent to an activating group) is 1. The van der Waals surface area contributed by atoms with E-state index in [1.165, 1.54) is 24.3 Å². The predicted molar refractivity (Wildman–Crippen MR) is 110 cm³/mol. The van der Waals surface area contributed by atoms with E-state index in [0.717, 1.165) is 12.3 Å². The van der Waals surface area contributed by atoms with Crippen molar-refractivity contribution < 1.29 is 22.7 Å². The number of aromatic amines is 1. The third-order valence-electron chi connectivity index (χ3n) is 4.48. The van der Waals surface area contributed by atoms with E-state index in [1.807, 2.05) is 19.0 Å². The van der Waals surface area contributed by atoms with Gasteiger partial charge in [0.1, 0.15) is 5.82 Å². The third-order valence-corrected chi connectivity index (χ3v) is 4.48. The molecule has 0 bridgehead atoms. The van der Waals surface area contributed by atoms with Crippen LogP contribution in [0.2, 0.25) is 0 Å². The standard InChI is InChI=1S/C21H22F4N4O/c1-12(11-29(2)3)27-17-8-7-13(9-15(17)21(23,24)25)26-10-14-19-16(22)5-4-6-18(19)28-20(14)30/h4-10,12,27-28,30H,11H2,1-3H3. The minimum absolute atomic E-state index is 0.0261. The fourth-order valence-corrected chi connectivity index (χ4v) is 3.31. The molecule has 1 atom stereocenters. The maximum absolute atomic E-state index is 14.1. The van der Waals surface area contributed by atoms with E-state index in [2.05, 4.69) is 15.3 Å². The fourth-order valence-electron chi connectivity index (χ4n) is 3.31. The van der Waals surface area contributed by atoms with E-state index >= 15 is 0 Å². The third kappa shape index (κ3) is 4.73. The first-order valence-electron chi connectivity index (χ1n) is 9.22. The number of H-pyrrole nitrogens is 1. The molecule has 5 nitrogen and oxygen atoms in total. The largest absolute Gasteiger partial charge is 0.494 e. The van der Waals surface area contributed by atoms with E-state index in [4.69, 9.17) is 0 Å². The summed E-state index contributed by atoms with van der Waals surface area (Å²) in [6.45, 7) is 2.35. The summed E-state index contributed by atoms with van der Waals surface area (Å²) in [5.74, 6) is -0.887. The Labute approximate surface area is 171 Å². The van der Waals surface area contributed by atoms with Crippen molar-refractivity contribution in [2.45, 2.75) is 19.1 Å². The molecule has 1 heterocycles. The van der Waals surface area contributed by atoms with E-state index < -0.39 is 17.6 Å². The van der Waals surface area contributed by atoms with Crippen LogP contribution in [-0.4, -0.2) is 47.9 Å². The van der Waals surface area contributed by atoms with Crippen molar-refractivity contribution in [2.24, 2.45) is 4.99 Å². The molecule has 0 amide bonds. The number of nitrogens with zero attached hydrogens (tertiary/aromatic N) is 2. The van der Waals surface area contributed by atoms with Crippen LogP contribution in [0.15, 0.2) is 41.4 Å². The number of hydrogen-bond acceptors (Lipinski definition) is 4. The lowest BCUT2D eigenvalue weighted by atomic mass is 10.1. The molecule has 3 aromatic rings. The molecule has 30 heavy (non-hydrogen) atoms. The van der Waals surface area contributed by atoms with Gasteiger partial charge in [0.05, 0.1) is 22.3 Å². The van der Waals surface area contributed by atoms with Crippen LogP contribution in [0.5, 0.6) is 5.88 Å². The van der Waals surface area contributed by atoms with Gasteiger partial charge in [0.25, 0.3) is 0 Å². The van der Waals surface area contributed by atoms with Crippen LogP contribution in [-0.2, 0) is 6.18 Å². The summed E-state index contributed by atoms with van der Waals surface area (Å²) < 4.78 is 54.9. The van der Waals surface area contributed by atoms with Crippen molar-refractivity contribution in [1.29, 1.82) is 0 Å². The summed E-state index contributed by atoms with van der Waals surface area (Å²) in [7, 11) is 3.67. The first-order chi connectivity index (χ1) is 14.1. The molecule has 0 aliphatic carbocycles. The molecule has 9 heteroatoms. The highest BCUT2D eigenvalue weighted by atomic mass is 19.4. The maximum Gasteiger partial charge on any atom is 0.418 e. The Kier molecular flexibility index (Phi) is 6.02. The zero-order valence-electron chi connectivity index (χ0n) is 16.7. The number of nitrogens with one attached hydrogen (secondary N) is 2. The number of hydrogen-bond donors (Lipinski definition) is 3. The number of rotatable bonds is 6. The number of alkyl halides is 3. The van der Waals surface area contributed by atoms with Crippen molar-refractivity contribution in [3.63, 3.8) is 0 Å². The Morgan fingerprint density at radius 1 is 1.23 bits per heavy atom. The summed E-state index contributed by atoms with van der Waals surface area (Å²) in [6, 6.07) is 7.74. The van der Waals surface area contributed by atoms with Gasteiger partial charge in [-0.25, -0.2) is 4.39 Å². The maximum atomic E-state index is 14.1. The van der Waals surface area contributed by atoms with Gasteiger partial charge >= 0.3 is 6.18 Å². The summed E-state index contributed by atoms with van der Waals surface area (Å²) >= 11 is 0. The molecule has 0 saturated heterocycles. The van der Waals surface area contributed by atoms with Gasteiger partial charge in [0, 0.05) is 29.9 Å². The van der Waals surface area contributed by atoms with Crippen molar-refractivity contribution in [3.8, 4) is 5.88 Å². The monoisotopic (exact) mass is 422 g/mol. The molecule has 0 spiro atoms. The second-order valence-corrected chi connectivity index (χ2v) is 7.34. The van der Waals surface area contributed by atoms with Gasteiger partial charge in [-0.2, -0.15) is 13.2 Å². The Balaban J connectivity index is 1.95. The molecule has 0 saturated carbocycles. The Morgan fingerprint density at radius 2 is 1.97 bits per heavy atom. The van der Waals surface area contributed by atoms with Crippen molar-refractivity contribution in [3.05, 3.63) is 53.3 Å². The van der Waals surface area contributed by atoms with Crippen molar-refractivity contribution >= 4 is 28.5 Å². The Morgan fingerprint density at radius 3 is 2.63 bits per heavy atom. The quantitative estimate of drug-likeness (QED) is 0.381. The zero-order valence-corrected chi connectivity index (χ0v) is 16.7. The first-order valence-corrected chi connectivity index (χ1v) is 9.22. The predicted octanol–water partition coefficient (Wildman–Crippen LogP) is 5.14. The van der Waals surface area contributed by atoms with Crippen LogP contribution in [0, 0.1) is 5.82 Å². The molecule has 0 fully saturated rings. The molecule has 3 rings (SSSR count). The number of aromatic hydroxyl groups is 1. The van der Waals surface area contributed by atoms with Gasteiger partial charge in [-0.05, 0) is 51.4 Å². The summed E-state index contributed by atoms with van der Waals surface area (Å²) in [5, 5.41) is 13.0. The minimum atomic E-state index is -4.58. The topological polar surface area (TPSA) is 63.6 Å². The number of anilines is 1. The molecule has 0 radical (unpaired) electrons. The first kappa shape index (κ1) is 21.6. The number of benzene rings is 2. The highest BCUT2D eigenvalue weighted by Gasteiger charge is 2.34. The summed E-state index contributed by atoms with van der Waals surface area (Å²) in [6.07, 6.45) is -3.44. The summed E-state index contributed by atoms with van der Waals surface area (Å²) in [4.78, 5) is 8.52. The lowest BCUT2D eigenvalue weighted by molar-refractivity contribution is -0.136. The molecule has 1 unspecified atom stereocenters. The SMILES string of the molecule is CC(CN(C)C)Nc1ccc(N=Cc2c(O)[nH]c3cccc(F)c23)cc1C(F)(F)F. The van der Waals surface area contributed by atoms with Crippen LogP contribution in [0.4, 0.5) is 28.9 Å². The van der Waals surface area contributed by atoms with Crippen LogP contribution < -0.4 is 5.32 Å². The molecule has 1 aromatic heterocycles. The molecule has 0 aliphatic heterocycles. The van der Waals surface area contributed by atoms with Gasteiger partial charge in [0.15, 0.2) is 5.88 Å². The normalized spacial score (nSPS) is 13.5.